The number of rotatable bonds is 4. The average molecular weight is 178 g/mol. The molecule has 0 amide bonds. The molecule has 1 aromatic carbocycles. The van der Waals surface area contributed by atoms with Crippen molar-refractivity contribution in [1.29, 1.82) is 0 Å². The van der Waals surface area contributed by atoms with E-state index in [0.717, 1.165) is 17.5 Å². The van der Waals surface area contributed by atoms with E-state index in [1.54, 1.807) is 0 Å². The molecule has 0 aromatic heterocycles. The maximum atomic E-state index is 9.61. The molecule has 2 nitrogen and oxygen atoms in total. The van der Waals surface area contributed by atoms with Crippen LogP contribution in [0, 0.1) is 6.92 Å². The average Bonchev–Trinajstić information content (AvgIpc) is 2.18. The lowest BCUT2D eigenvalue weighted by atomic mass is 10.0. The Morgan fingerprint density at radius 2 is 1.92 bits per heavy atom. The minimum atomic E-state index is -0.385. The highest BCUT2D eigenvalue weighted by Gasteiger charge is 2.04. The molecule has 0 aliphatic carbocycles. The first-order valence-electron chi connectivity index (χ1n) is 4.54. The number of benzene rings is 1. The molecule has 0 aliphatic heterocycles. The quantitative estimate of drug-likeness (QED) is 0.738. The van der Waals surface area contributed by atoms with Gasteiger partial charge in [0.15, 0.2) is 0 Å². The second kappa shape index (κ2) is 5.00. The van der Waals surface area contributed by atoms with Gasteiger partial charge in [-0.15, -0.1) is 0 Å². The first-order chi connectivity index (χ1) is 6.27. The fourth-order valence-electron chi connectivity index (χ4n) is 1.24. The third-order valence-electron chi connectivity index (χ3n) is 2.08. The van der Waals surface area contributed by atoms with Crippen molar-refractivity contribution < 1.29 is 5.11 Å². The van der Waals surface area contributed by atoms with Crippen molar-refractivity contribution in [3.63, 3.8) is 0 Å². The second-order valence-electron chi connectivity index (χ2n) is 3.10. The molecule has 1 rings (SSSR count). The van der Waals surface area contributed by atoms with Crippen LogP contribution in [0.25, 0.3) is 0 Å². The highest BCUT2D eigenvalue weighted by atomic mass is 16.3. The van der Waals surface area contributed by atoms with Crippen molar-refractivity contribution in [2.45, 2.75) is 25.5 Å². The summed E-state index contributed by atoms with van der Waals surface area (Å²) in [6.07, 6.45) is 1.08. The largest absolute Gasteiger partial charge is 0.388 e. The number of hydrogen-bond acceptors (Lipinski definition) is 2. The predicted octanol–water partition coefficient (Wildman–Crippen LogP) is 1.79. The molecule has 0 aliphatic rings. The molecule has 0 spiro atoms. The minimum Gasteiger partial charge on any atom is -0.388 e. The third-order valence-corrected chi connectivity index (χ3v) is 2.08. The zero-order chi connectivity index (χ0) is 9.68. The molecule has 3 N–H and O–H groups in total. The van der Waals surface area contributed by atoms with Gasteiger partial charge in [0.1, 0.15) is 0 Å². The van der Waals surface area contributed by atoms with Crippen molar-refractivity contribution in [2.24, 2.45) is 5.73 Å². The minimum absolute atomic E-state index is 0.385. The fraction of sp³-hybridized carbons (Fsp3) is 0.364. The molecule has 13 heavy (non-hydrogen) atoms. The topological polar surface area (TPSA) is 46.2 Å². The van der Waals surface area contributed by atoms with Gasteiger partial charge in [0.25, 0.3) is 0 Å². The van der Waals surface area contributed by atoms with Gasteiger partial charge in [0.2, 0.25) is 0 Å². The molecule has 1 radical (unpaired) electrons. The number of aliphatic hydroxyl groups is 1. The Morgan fingerprint density at radius 1 is 1.31 bits per heavy atom. The number of nitrogens with two attached hydrogens (primary N) is 1. The summed E-state index contributed by atoms with van der Waals surface area (Å²) in [5, 5.41) is 9.61. The predicted molar refractivity (Wildman–Crippen MR) is 53.9 cm³/mol. The molecule has 1 unspecified atom stereocenters. The van der Waals surface area contributed by atoms with Crippen LogP contribution in [0.1, 0.15) is 30.1 Å². The van der Waals surface area contributed by atoms with Crippen molar-refractivity contribution in [1.82, 2.24) is 0 Å². The third kappa shape index (κ3) is 2.83. The normalized spacial score (nSPS) is 12.8. The van der Waals surface area contributed by atoms with E-state index >= 15 is 0 Å². The Labute approximate surface area is 79.4 Å². The smallest absolute Gasteiger partial charge is 0.0790 e. The molecular weight excluding hydrogens is 162 g/mol. The van der Waals surface area contributed by atoms with Crippen LogP contribution in [0.2, 0.25) is 0 Å². The Kier molecular flexibility index (Phi) is 3.93. The molecular formula is C11H16NO. The van der Waals surface area contributed by atoms with Crippen molar-refractivity contribution in [3.8, 4) is 0 Å². The summed E-state index contributed by atoms with van der Waals surface area (Å²) in [5.74, 6) is 0. The van der Waals surface area contributed by atoms with Crippen LogP contribution < -0.4 is 5.73 Å². The summed E-state index contributed by atoms with van der Waals surface area (Å²) < 4.78 is 0. The standard InChI is InChI=1S/C11H16NO/c1-2-3-11(13)10-6-4-9(8-12)5-7-10/h4-7,11,13H,1-3,8,12H2. The maximum Gasteiger partial charge on any atom is 0.0790 e. The molecule has 0 fully saturated rings. The van der Waals surface area contributed by atoms with E-state index in [1.807, 2.05) is 24.3 Å². The van der Waals surface area contributed by atoms with E-state index in [9.17, 15) is 5.11 Å². The van der Waals surface area contributed by atoms with Gasteiger partial charge in [0.05, 0.1) is 6.10 Å². The summed E-state index contributed by atoms with van der Waals surface area (Å²) >= 11 is 0. The van der Waals surface area contributed by atoms with Crippen LogP contribution in [0.4, 0.5) is 0 Å². The van der Waals surface area contributed by atoms with Crippen LogP contribution in [0.15, 0.2) is 24.3 Å². The summed E-state index contributed by atoms with van der Waals surface area (Å²) in [7, 11) is 0. The lowest BCUT2D eigenvalue weighted by molar-refractivity contribution is 0.168. The first-order valence-corrected chi connectivity index (χ1v) is 4.54. The Bertz CT molecular complexity index is 243. The Hall–Kier alpha value is -0.860. The molecule has 0 bridgehead atoms. The highest BCUT2D eigenvalue weighted by Crippen LogP contribution is 2.18. The van der Waals surface area contributed by atoms with Gasteiger partial charge in [-0.2, -0.15) is 0 Å². The van der Waals surface area contributed by atoms with Crippen LogP contribution >= 0.6 is 0 Å². The van der Waals surface area contributed by atoms with Gasteiger partial charge >= 0.3 is 0 Å². The van der Waals surface area contributed by atoms with E-state index in [1.165, 1.54) is 0 Å². The summed E-state index contributed by atoms with van der Waals surface area (Å²) in [5.41, 5.74) is 7.50. The van der Waals surface area contributed by atoms with Crippen LogP contribution in [0.5, 0.6) is 0 Å². The van der Waals surface area contributed by atoms with Gasteiger partial charge in [0, 0.05) is 6.54 Å². The monoisotopic (exact) mass is 178 g/mol. The summed E-state index contributed by atoms with van der Waals surface area (Å²) in [6, 6.07) is 7.73. The lowest BCUT2D eigenvalue weighted by Crippen LogP contribution is -1.99. The molecule has 0 heterocycles. The lowest BCUT2D eigenvalue weighted by Gasteiger charge is -2.09. The van der Waals surface area contributed by atoms with Crippen molar-refractivity contribution in [2.75, 3.05) is 0 Å². The van der Waals surface area contributed by atoms with Gasteiger partial charge in [-0.05, 0) is 17.5 Å². The Morgan fingerprint density at radius 3 is 2.38 bits per heavy atom. The zero-order valence-electron chi connectivity index (χ0n) is 7.74. The van der Waals surface area contributed by atoms with Gasteiger partial charge < -0.3 is 10.8 Å². The van der Waals surface area contributed by atoms with E-state index in [0.29, 0.717) is 13.0 Å². The van der Waals surface area contributed by atoms with Gasteiger partial charge in [-0.3, -0.25) is 0 Å². The molecule has 0 saturated heterocycles. The van der Waals surface area contributed by atoms with E-state index < -0.39 is 0 Å². The molecule has 1 atom stereocenters. The molecule has 0 saturated carbocycles. The first kappa shape index (κ1) is 10.2. The van der Waals surface area contributed by atoms with Crippen molar-refractivity contribution >= 4 is 0 Å². The van der Waals surface area contributed by atoms with Crippen molar-refractivity contribution in [3.05, 3.63) is 42.3 Å². The fourth-order valence-corrected chi connectivity index (χ4v) is 1.24. The highest BCUT2D eigenvalue weighted by molar-refractivity contribution is 5.23. The van der Waals surface area contributed by atoms with Gasteiger partial charge in [-0.25, -0.2) is 0 Å². The van der Waals surface area contributed by atoms with E-state index in [4.69, 9.17) is 5.73 Å². The van der Waals surface area contributed by atoms with Crippen LogP contribution in [-0.2, 0) is 6.54 Å². The summed E-state index contributed by atoms with van der Waals surface area (Å²) in [6.45, 7) is 4.25. The Balaban J connectivity index is 2.67. The molecule has 71 valence electrons. The van der Waals surface area contributed by atoms with Gasteiger partial charge in [-0.1, -0.05) is 37.6 Å². The van der Waals surface area contributed by atoms with E-state index in [2.05, 4.69) is 6.92 Å². The molecule has 1 aromatic rings. The second-order valence-corrected chi connectivity index (χ2v) is 3.10. The van der Waals surface area contributed by atoms with E-state index in [-0.39, 0.29) is 6.10 Å². The van der Waals surface area contributed by atoms with Crippen LogP contribution in [0.3, 0.4) is 0 Å². The number of hydrogen-bond donors (Lipinski definition) is 2. The summed E-state index contributed by atoms with van der Waals surface area (Å²) in [4.78, 5) is 0. The van der Waals surface area contributed by atoms with Crippen LogP contribution in [-0.4, -0.2) is 5.11 Å². The molecule has 2 heteroatoms. The SMILES string of the molecule is [CH2]CCC(O)c1ccc(CN)cc1. The maximum absolute atomic E-state index is 9.61. The zero-order valence-corrected chi connectivity index (χ0v) is 7.74. The number of aliphatic hydroxyl groups excluding tert-OH is 1.